The molecule has 2 fully saturated rings. The summed E-state index contributed by atoms with van der Waals surface area (Å²) in [6.07, 6.45) is 5.04. The van der Waals surface area contributed by atoms with Crippen LogP contribution in [0.4, 0.5) is 16.2 Å². The Morgan fingerprint density at radius 2 is 1.57 bits per heavy atom. The second-order valence-electron chi connectivity index (χ2n) is 7.25. The molecule has 0 spiro atoms. The lowest BCUT2D eigenvalue weighted by Crippen LogP contribution is -2.44. The van der Waals surface area contributed by atoms with Crippen LogP contribution in [0.1, 0.15) is 32.1 Å². The standard InChI is InChI=1S/C19H29N5O2.2ClH/c1-24-12-9-16(10-13-24)23-19(26)22-15-7-5-14(6-8-15)21-18(25)17-4-2-3-11-20-17;;/h5-8,16-17,20H,2-4,9-13H2,1H3,(H,21,25)(H2,22,23,26);2*1H. The van der Waals surface area contributed by atoms with Crippen molar-refractivity contribution in [1.82, 2.24) is 15.5 Å². The third-order valence-electron chi connectivity index (χ3n) is 5.09. The van der Waals surface area contributed by atoms with E-state index in [2.05, 4.69) is 33.2 Å². The molecule has 158 valence electrons. The Morgan fingerprint density at radius 3 is 2.14 bits per heavy atom. The Morgan fingerprint density at radius 1 is 0.964 bits per heavy atom. The molecule has 0 aliphatic carbocycles. The Labute approximate surface area is 179 Å². The molecule has 28 heavy (non-hydrogen) atoms. The maximum absolute atomic E-state index is 12.2. The van der Waals surface area contributed by atoms with Crippen molar-refractivity contribution < 1.29 is 9.59 Å². The average Bonchev–Trinajstić information content (AvgIpc) is 2.66. The summed E-state index contributed by atoms with van der Waals surface area (Å²) >= 11 is 0. The molecule has 0 saturated carbocycles. The zero-order chi connectivity index (χ0) is 18.4. The Balaban J connectivity index is 0.00000196. The minimum Gasteiger partial charge on any atom is -0.335 e. The van der Waals surface area contributed by atoms with E-state index in [1.54, 1.807) is 12.1 Å². The monoisotopic (exact) mass is 431 g/mol. The van der Waals surface area contributed by atoms with E-state index in [-0.39, 0.29) is 48.8 Å². The second-order valence-corrected chi connectivity index (χ2v) is 7.25. The van der Waals surface area contributed by atoms with Gasteiger partial charge < -0.3 is 26.2 Å². The molecule has 3 rings (SSSR count). The topological polar surface area (TPSA) is 85.5 Å². The molecule has 2 heterocycles. The predicted molar refractivity (Wildman–Crippen MR) is 118 cm³/mol. The first-order valence-electron chi connectivity index (χ1n) is 9.50. The molecular formula is C19H31Cl2N5O2. The van der Waals surface area contributed by atoms with Gasteiger partial charge in [-0.3, -0.25) is 4.79 Å². The summed E-state index contributed by atoms with van der Waals surface area (Å²) in [4.78, 5) is 26.6. The Kier molecular flexibility index (Phi) is 10.6. The molecule has 4 N–H and O–H groups in total. The number of likely N-dealkylation sites (tertiary alicyclic amines) is 1. The molecule has 0 aromatic heterocycles. The van der Waals surface area contributed by atoms with Crippen LogP contribution in [0, 0.1) is 0 Å². The number of nitrogens with zero attached hydrogens (tertiary/aromatic N) is 1. The molecule has 0 bridgehead atoms. The van der Waals surface area contributed by atoms with Gasteiger partial charge in [-0.25, -0.2) is 4.79 Å². The fourth-order valence-corrected chi connectivity index (χ4v) is 3.45. The number of hydrogen-bond acceptors (Lipinski definition) is 4. The highest BCUT2D eigenvalue weighted by Crippen LogP contribution is 2.16. The first kappa shape index (κ1) is 24.5. The molecule has 2 saturated heterocycles. The molecule has 1 unspecified atom stereocenters. The number of amides is 3. The third-order valence-corrected chi connectivity index (χ3v) is 5.09. The van der Waals surface area contributed by atoms with Crippen LogP contribution < -0.4 is 21.3 Å². The van der Waals surface area contributed by atoms with Crippen molar-refractivity contribution in [2.24, 2.45) is 0 Å². The van der Waals surface area contributed by atoms with Crippen LogP contribution in [0.15, 0.2) is 24.3 Å². The lowest BCUT2D eigenvalue weighted by atomic mass is 10.0. The van der Waals surface area contributed by atoms with E-state index in [4.69, 9.17) is 0 Å². The van der Waals surface area contributed by atoms with E-state index >= 15 is 0 Å². The molecule has 2 aliphatic heterocycles. The normalized spacial score (nSPS) is 20.2. The third kappa shape index (κ3) is 7.47. The van der Waals surface area contributed by atoms with E-state index in [9.17, 15) is 9.59 Å². The van der Waals surface area contributed by atoms with E-state index in [0.29, 0.717) is 5.69 Å². The molecular weight excluding hydrogens is 401 g/mol. The molecule has 1 atom stereocenters. The number of anilines is 2. The van der Waals surface area contributed by atoms with Crippen molar-refractivity contribution in [3.63, 3.8) is 0 Å². The number of carbonyl (C=O) groups excluding carboxylic acids is 2. The van der Waals surface area contributed by atoms with Crippen LogP contribution in [0.25, 0.3) is 0 Å². The quantitative estimate of drug-likeness (QED) is 0.590. The summed E-state index contributed by atoms with van der Waals surface area (Å²) in [6.45, 7) is 2.91. The molecule has 3 amide bonds. The SMILES string of the molecule is CN1CCC(NC(=O)Nc2ccc(NC(=O)C3CCCCN3)cc2)CC1.Cl.Cl. The van der Waals surface area contributed by atoms with Gasteiger partial charge in [0.25, 0.3) is 0 Å². The van der Waals surface area contributed by atoms with Crippen LogP contribution in [-0.4, -0.2) is 55.6 Å². The van der Waals surface area contributed by atoms with E-state index in [0.717, 1.165) is 57.4 Å². The minimum absolute atomic E-state index is 0. The summed E-state index contributed by atoms with van der Waals surface area (Å²) < 4.78 is 0. The number of piperidine rings is 2. The lowest BCUT2D eigenvalue weighted by Gasteiger charge is -2.29. The number of benzene rings is 1. The van der Waals surface area contributed by atoms with Gasteiger partial charge in [-0.1, -0.05) is 6.42 Å². The number of halogens is 2. The van der Waals surface area contributed by atoms with Gasteiger partial charge in [0, 0.05) is 17.4 Å². The summed E-state index contributed by atoms with van der Waals surface area (Å²) in [7, 11) is 2.10. The van der Waals surface area contributed by atoms with Gasteiger partial charge >= 0.3 is 6.03 Å². The van der Waals surface area contributed by atoms with Gasteiger partial charge in [0.05, 0.1) is 6.04 Å². The first-order chi connectivity index (χ1) is 12.6. The van der Waals surface area contributed by atoms with Crippen LogP contribution in [-0.2, 0) is 4.79 Å². The van der Waals surface area contributed by atoms with Crippen molar-refractivity contribution >= 4 is 48.1 Å². The Bertz CT molecular complexity index is 615. The average molecular weight is 432 g/mol. The molecule has 2 aliphatic rings. The van der Waals surface area contributed by atoms with Crippen molar-refractivity contribution in [3.05, 3.63) is 24.3 Å². The minimum atomic E-state index is -0.178. The second kappa shape index (κ2) is 12.1. The smallest absolute Gasteiger partial charge is 0.319 e. The van der Waals surface area contributed by atoms with Crippen molar-refractivity contribution in [3.8, 4) is 0 Å². The fraction of sp³-hybridized carbons (Fsp3) is 0.579. The van der Waals surface area contributed by atoms with Crippen LogP contribution in [0.3, 0.4) is 0 Å². The lowest BCUT2D eigenvalue weighted by molar-refractivity contribution is -0.118. The van der Waals surface area contributed by atoms with Crippen LogP contribution in [0.5, 0.6) is 0 Å². The van der Waals surface area contributed by atoms with Crippen molar-refractivity contribution in [2.45, 2.75) is 44.2 Å². The highest BCUT2D eigenvalue weighted by Gasteiger charge is 2.20. The zero-order valence-corrected chi connectivity index (χ0v) is 17.8. The molecule has 1 aromatic rings. The van der Waals surface area contributed by atoms with E-state index in [1.807, 2.05) is 12.1 Å². The molecule has 0 radical (unpaired) electrons. The molecule has 1 aromatic carbocycles. The fourth-order valence-electron chi connectivity index (χ4n) is 3.45. The van der Waals surface area contributed by atoms with Crippen LogP contribution >= 0.6 is 24.8 Å². The van der Waals surface area contributed by atoms with Gasteiger partial charge in [-0.2, -0.15) is 0 Å². The van der Waals surface area contributed by atoms with Gasteiger partial charge in [-0.05, 0) is 76.6 Å². The summed E-state index contributed by atoms with van der Waals surface area (Å²) in [5.74, 6) is 0.00502. The van der Waals surface area contributed by atoms with Gasteiger partial charge in [-0.15, -0.1) is 24.8 Å². The predicted octanol–water partition coefficient (Wildman–Crippen LogP) is 2.83. The summed E-state index contributed by atoms with van der Waals surface area (Å²) in [5, 5.41) is 12.0. The van der Waals surface area contributed by atoms with Gasteiger partial charge in [0.2, 0.25) is 5.91 Å². The van der Waals surface area contributed by atoms with Crippen molar-refractivity contribution in [1.29, 1.82) is 0 Å². The zero-order valence-electron chi connectivity index (χ0n) is 16.2. The van der Waals surface area contributed by atoms with E-state index < -0.39 is 0 Å². The van der Waals surface area contributed by atoms with Gasteiger partial charge in [0.15, 0.2) is 0 Å². The summed E-state index contributed by atoms with van der Waals surface area (Å²) in [6, 6.07) is 7.17. The number of carbonyl (C=O) groups is 2. The number of rotatable bonds is 4. The maximum atomic E-state index is 12.2. The van der Waals surface area contributed by atoms with E-state index in [1.165, 1.54) is 0 Å². The first-order valence-corrected chi connectivity index (χ1v) is 9.50. The highest BCUT2D eigenvalue weighted by atomic mass is 35.5. The van der Waals surface area contributed by atoms with Gasteiger partial charge in [0.1, 0.15) is 0 Å². The summed E-state index contributed by atoms with van der Waals surface area (Å²) in [5.41, 5.74) is 1.45. The molecule has 9 heteroatoms. The number of nitrogens with one attached hydrogen (secondary N) is 4. The maximum Gasteiger partial charge on any atom is 0.319 e. The highest BCUT2D eigenvalue weighted by molar-refractivity contribution is 5.95. The number of hydrogen-bond donors (Lipinski definition) is 4. The number of urea groups is 1. The van der Waals surface area contributed by atoms with Crippen molar-refractivity contribution in [2.75, 3.05) is 37.3 Å². The largest absolute Gasteiger partial charge is 0.335 e. The Hall–Kier alpha value is -1.54. The molecule has 7 nitrogen and oxygen atoms in total. The van der Waals surface area contributed by atoms with Crippen LogP contribution in [0.2, 0.25) is 0 Å².